The molecule has 0 aromatic heterocycles. The van der Waals surface area contributed by atoms with E-state index in [1.807, 2.05) is 24.3 Å². The van der Waals surface area contributed by atoms with Gasteiger partial charge in [0.25, 0.3) is 5.91 Å². The van der Waals surface area contributed by atoms with Crippen molar-refractivity contribution in [2.45, 2.75) is 40.2 Å². The molecular formula is C20H33N3O2. The van der Waals surface area contributed by atoms with E-state index >= 15 is 0 Å². The third-order valence-corrected chi connectivity index (χ3v) is 4.89. The van der Waals surface area contributed by atoms with Crippen LogP contribution in [0.25, 0.3) is 0 Å². The van der Waals surface area contributed by atoms with Crippen LogP contribution in [0.4, 0.5) is 5.69 Å². The van der Waals surface area contributed by atoms with Crippen LogP contribution in [0.5, 0.6) is 0 Å². The molecule has 0 radical (unpaired) electrons. The lowest BCUT2D eigenvalue weighted by atomic mass is 9.87. The average Bonchev–Trinajstić information content (AvgIpc) is 2.59. The molecule has 1 aliphatic heterocycles. The second-order valence-corrected chi connectivity index (χ2v) is 7.87. The fraction of sp³-hybridized carbons (Fsp3) is 0.650. The molecule has 1 heterocycles. The molecule has 1 aliphatic rings. The molecule has 25 heavy (non-hydrogen) atoms. The number of rotatable bonds is 7. The number of nitrogens with zero attached hydrogens (tertiary/aromatic N) is 2. The lowest BCUT2D eigenvalue weighted by Gasteiger charge is -2.35. The summed E-state index contributed by atoms with van der Waals surface area (Å²) in [5.41, 5.74) is 1.74. The van der Waals surface area contributed by atoms with Gasteiger partial charge in [-0.25, -0.2) is 0 Å². The van der Waals surface area contributed by atoms with Crippen molar-refractivity contribution in [2.75, 3.05) is 44.2 Å². The molecule has 5 nitrogen and oxygen atoms in total. The minimum atomic E-state index is -0.362. The normalized spacial score (nSPS) is 17.4. The number of hydrogen-bond acceptors (Lipinski definition) is 4. The van der Waals surface area contributed by atoms with Crippen molar-refractivity contribution in [1.29, 1.82) is 0 Å². The van der Waals surface area contributed by atoms with E-state index in [2.05, 4.69) is 35.9 Å². The Balaban J connectivity index is 1.88. The minimum Gasteiger partial charge on any atom is -0.393 e. The molecule has 5 heteroatoms. The average molecular weight is 348 g/mol. The van der Waals surface area contributed by atoms with Crippen molar-refractivity contribution < 1.29 is 9.90 Å². The number of likely N-dealkylation sites (N-methyl/N-ethyl adjacent to an activating group) is 1. The van der Waals surface area contributed by atoms with Gasteiger partial charge < -0.3 is 20.2 Å². The number of nitrogens with one attached hydrogen (secondary N) is 1. The van der Waals surface area contributed by atoms with Crippen LogP contribution in [0.15, 0.2) is 24.3 Å². The largest absolute Gasteiger partial charge is 0.393 e. The van der Waals surface area contributed by atoms with E-state index in [-0.39, 0.29) is 17.4 Å². The molecular weight excluding hydrogens is 314 g/mol. The molecule has 1 unspecified atom stereocenters. The molecule has 1 saturated heterocycles. The highest BCUT2D eigenvalue weighted by molar-refractivity contribution is 5.94. The summed E-state index contributed by atoms with van der Waals surface area (Å²) in [4.78, 5) is 17.2. The van der Waals surface area contributed by atoms with Crippen LogP contribution in [-0.2, 0) is 0 Å². The summed E-state index contributed by atoms with van der Waals surface area (Å²) in [5.74, 6) is -0.0546. The Morgan fingerprint density at radius 2 is 1.80 bits per heavy atom. The maximum Gasteiger partial charge on any atom is 0.251 e. The Labute approximate surface area is 152 Å². The van der Waals surface area contributed by atoms with Gasteiger partial charge in [-0.2, -0.15) is 0 Å². The van der Waals surface area contributed by atoms with Gasteiger partial charge in [0.1, 0.15) is 0 Å². The summed E-state index contributed by atoms with van der Waals surface area (Å²) in [6, 6.07) is 7.88. The molecule has 1 amide bonds. The SMILES string of the molecule is CCN1CCN(c2ccc(C(=O)NCC(C)(C)CC(C)O)cc2)CC1. The van der Waals surface area contributed by atoms with Crippen LogP contribution in [0.2, 0.25) is 0 Å². The predicted octanol–water partition coefficient (Wildman–Crippen LogP) is 2.36. The first-order chi connectivity index (χ1) is 11.8. The molecule has 1 aromatic rings. The molecule has 0 saturated carbocycles. The maximum atomic E-state index is 12.4. The topological polar surface area (TPSA) is 55.8 Å². The summed E-state index contributed by atoms with van der Waals surface area (Å²) >= 11 is 0. The Kier molecular flexibility index (Phi) is 6.85. The van der Waals surface area contributed by atoms with Gasteiger partial charge >= 0.3 is 0 Å². The summed E-state index contributed by atoms with van der Waals surface area (Å²) < 4.78 is 0. The fourth-order valence-corrected chi connectivity index (χ4v) is 3.44. The maximum absolute atomic E-state index is 12.4. The Morgan fingerprint density at radius 1 is 1.20 bits per heavy atom. The van der Waals surface area contributed by atoms with Gasteiger partial charge in [-0.05, 0) is 49.6 Å². The first-order valence-electron chi connectivity index (χ1n) is 9.34. The van der Waals surface area contributed by atoms with Crippen molar-refractivity contribution in [3.63, 3.8) is 0 Å². The molecule has 1 atom stereocenters. The molecule has 1 fully saturated rings. The van der Waals surface area contributed by atoms with Gasteiger partial charge in [-0.1, -0.05) is 20.8 Å². The molecule has 0 aliphatic carbocycles. The van der Waals surface area contributed by atoms with Gasteiger partial charge in [0, 0.05) is 44.0 Å². The van der Waals surface area contributed by atoms with Gasteiger partial charge in [-0.3, -0.25) is 4.79 Å². The number of hydrogen-bond donors (Lipinski definition) is 2. The molecule has 0 bridgehead atoms. The number of aliphatic hydroxyl groups excluding tert-OH is 1. The fourth-order valence-electron chi connectivity index (χ4n) is 3.44. The number of anilines is 1. The number of amides is 1. The van der Waals surface area contributed by atoms with Crippen LogP contribution in [0.3, 0.4) is 0 Å². The number of carbonyl (C=O) groups excluding carboxylic acids is 1. The van der Waals surface area contributed by atoms with Gasteiger partial charge in [0.15, 0.2) is 0 Å². The highest BCUT2D eigenvalue weighted by Crippen LogP contribution is 2.22. The third kappa shape index (κ3) is 6.01. The van der Waals surface area contributed by atoms with Crippen molar-refractivity contribution in [3.05, 3.63) is 29.8 Å². The lowest BCUT2D eigenvalue weighted by Crippen LogP contribution is -2.46. The van der Waals surface area contributed by atoms with Crippen molar-refractivity contribution in [2.24, 2.45) is 5.41 Å². The van der Waals surface area contributed by atoms with Crippen molar-refractivity contribution >= 4 is 11.6 Å². The summed E-state index contributed by atoms with van der Waals surface area (Å²) in [7, 11) is 0. The summed E-state index contributed by atoms with van der Waals surface area (Å²) in [6.45, 7) is 14.0. The monoisotopic (exact) mass is 347 g/mol. The highest BCUT2D eigenvalue weighted by Gasteiger charge is 2.21. The van der Waals surface area contributed by atoms with E-state index in [1.165, 1.54) is 5.69 Å². The Hall–Kier alpha value is -1.59. The standard InChI is InChI=1S/C20H33N3O2/c1-5-22-10-12-23(13-11-22)18-8-6-17(7-9-18)19(25)21-15-20(3,4)14-16(2)24/h6-9,16,24H,5,10-15H2,1-4H3,(H,21,25). The number of carbonyl (C=O) groups is 1. The van der Waals surface area contributed by atoms with Gasteiger partial charge in [0.2, 0.25) is 0 Å². The Morgan fingerprint density at radius 3 is 2.32 bits per heavy atom. The smallest absolute Gasteiger partial charge is 0.251 e. The highest BCUT2D eigenvalue weighted by atomic mass is 16.3. The van der Waals surface area contributed by atoms with E-state index in [0.717, 1.165) is 32.7 Å². The van der Waals surface area contributed by atoms with Gasteiger partial charge in [0.05, 0.1) is 6.10 Å². The first-order valence-corrected chi connectivity index (χ1v) is 9.34. The lowest BCUT2D eigenvalue weighted by molar-refractivity contribution is 0.0902. The zero-order chi connectivity index (χ0) is 18.4. The predicted molar refractivity (Wildman–Crippen MR) is 103 cm³/mol. The van der Waals surface area contributed by atoms with Crippen molar-refractivity contribution in [3.8, 4) is 0 Å². The molecule has 1 aromatic carbocycles. The van der Waals surface area contributed by atoms with Crippen LogP contribution in [0, 0.1) is 5.41 Å². The van der Waals surface area contributed by atoms with Gasteiger partial charge in [-0.15, -0.1) is 0 Å². The second kappa shape index (κ2) is 8.68. The first kappa shape index (κ1) is 19.7. The van der Waals surface area contributed by atoms with Crippen LogP contribution >= 0.6 is 0 Å². The summed E-state index contributed by atoms with van der Waals surface area (Å²) in [6.07, 6.45) is 0.301. The number of piperazine rings is 1. The van der Waals surface area contributed by atoms with E-state index in [4.69, 9.17) is 0 Å². The Bertz CT molecular complexity index is 547. The van der Waals surface area contributed by atoms with E-state index in [0.29, 0.717) is 18.5 Å². The summed E-state index contributed by atoms with van der Waals surface area (Å²) in [5, 5.41) is 12.5. The zero-order valence-corrected chi connectivity index (χ0v) is 16.1. The number of aliphatic hydroxyl groups is 1. The quantitative estimate of drug-likeness (QED) is 0.795. The molecule has 2 rings (SSSR count). The van der Waals surface area contributed by atoms with Crippen LogP contribution < -0.4 is 10.2 Å². The second-order valence-electron chi connectivity index (χ2n) is 7.87. The molecule has 0 spiro atoms. The minimum absolute atomic E-state index is 0.0546. The molecule has 2 N–H and O–H groups in total. The zero-order valence-electron chi connectivity index (χ0n) is 16.1. The number of benzene rings is 1. The van der Waals surface area contributed by atoms with E-state index < -0.39 is 0 Å². The molecule has 140 valence electrons. The van der Waals surface area contributed by atoms with Crippen LogP contribution in [-0.4, -0.2) is 61.3 Å². The van der Waals surface area contributed by atoms with Crippen LogP contribution in [0.1, 0.15) is 44.5 Å². The van der Waals surface area contributed by atoms with E-state index in [1.54, 1.807) is 6.92 Å². The van der Waals surface area contributed by atoms with Crippen molar-refractivity contribution in [1.82, 2.24) is 10.2 Å². The third-order valence-electron chi connectivity index (χ3n) is 4.89. The van der Waals surface area contributed by atoms with E-state index in [9.17, 15) is 9.90 Å².